The van der Waals surface area contributed by atoms with Crippen LogP contribution in [0.4, 0.5) is 5.69 Å². The molecule has 0 aliphatic carbocycles. The first kappa shape index (κ1) is 18.0. The minimum atomic E-state index is -0.0486. The van der Waals surface area contributed by atoms with E-state index in [1.165, 1.54) is 0 Å². The molecule has 0 unspecified atom stereocenters. The van der Waals surface area contributed by atoms with E-state index in [9.17, 15) is 4.79 Å². The maximum absolute atomic E-state index is 12.1. The molecule has 2 rings (SSSR count). The molecule has 1 aromatic carbocycles. The standard InChI is InChI=1S/C14H20ClN3O2.ClH/c1-20-13-4-3-11(15)9-12(13)17-14(19)10-18-7-2-5-16-6-8-18;/h3-4,9,16H,2,5-8,10H2,1H3,(H,17,19);1H. The zero-order chi connectivity index (χ0) is 14.4. The average molecular weight is 334 g/mol. The lowest BCUT2D eigenvalue weighted by molar-refractivity contribution is -0.117. The zero-order valence-electron chi connectivity index (χ0n) is 12.0. The second kappa shape index (κ2) is 9.10. The predicted molar refractivity (Wildman–Crippen MR) is 87.8 cm³/mol. The number of ether oxygens (including phenoxy) is 1. The second-order valence-electron chi connectivity index (χ2n) is 4.77. The molecule has 7 heteroatoms. The van der Waals surface area contributed by atoms with Gasteiger partial charge in [0.15, 0.2) is 0 Å². The minimum absolute atomic E-state index is 0. The number of hydrogen-bond donors (Lipinski definition) is 2. The smallest absolute Gasteiger partial charge is 0.238 e. The van der Waals surface area contributed by atoms with E-state index >= 15 is 0 Å². The van der Waals surface area contributed by atoms with Crippen LogP contribution in [0.2, 0.25) is 5.02 Å². The summed E-state index contributed by atoms with van der Waals surface area (Å²) in [6, 6.07) is 5.17. The lowest BCUT2D eigenvalue weighted by Crippen LogP contribution is -2.35. The van der Waals surface area contributed by atoms with Gasteiger partial charge in [0.2, 0.25) is 5.91 Å². The number of nitrogens with zero attached hydrogens (tertiary/aromatic N) is 1. The third-order valence-corrected chi connectivity index (χ3v) is 3.47. The van der Waals surface area contributed by atoms with Crippen LogP contribution >= 0.6 is 24.0 Å². The van der Waals surface area contributed by atoms with E-state index in [1.807, 2.05) is 0 Å². The van der Waals surface area contributed by atoms with E-state index in [2.05, 4.69) is 15.5 Å². The molecule has 1 saturated heterocycles. The summed E-state index contributed by atoms with van der Waals surface area (Å²) in [7, 11) is 1.57. The highest BCUT2D eigenvalue weighted by atomic mass is 35.5. The predicted octanol–water partition coefficient (Wildman–Crippen LogP) is 2.00. The maximum atomic E-state index is 12.1. The zero-order valence-corrected chi connectivity index (χ0v) is 13.6. The number of hydrogen-bond acceptors (Lipinski definition) is 4. The van der Waals surface area contributed by atoms with Crippen molar-refractivity contribution in [2.45, 2.75) is 6.42 Å². The number of methoxy groups -OCH3 is 1. The van der Waals surface area contributed by atoms with Gasteiger partial charge in [0, 0.05) is 18.1 Å². The maximum Gasteiger partial charge on any atom is 0.238 e. The van der Waals surface area contributed by atoms with Crippen LogP contribution in [0.15, 0.2) is 18.2 Å². The fraction of sp³-hybridized carbons (Fsp3) is 0.500. The number of carbonyl (C=O) groups is 1. The number of halogens is 2. The third kappa shape index (κ3) is 5.71. The van der Waals surface area contributed by atoms with Crippen molar-refractivity contribution in [1.29, 1.82) is 0 Å². The van der Waals surface area contributed by atoms with Crippen molar-refractivity contribution in [2.75, 3.05) is 45.2 Å². The Labute approximate surface area is 136 Å². The molecule has 1 aliphatic rings. The van der Waals surface area contributed by atoms with E-state index in [0.717, 1.165) is 32.6 Å². The van der Waals surface area contributed by atoms with Gasteiger partial charge in [0.05, 0.1) is 19.3 Å². The number of anilines is 1. The molecule has 21 heavy (non-hydrogen) atoms. The first-order valence-corrected chi connectivity index (χ1v) is 7.13. The Morgan fingerprint density at radius 2 is 2.24 bits per heavy atom. The Morgan fingerprint density at radius 3 is 3.00 bits per heavy atom. The highest BCUT2D eigenvalue weighted by Gasteiger charge is 2.14. The first-order chi connectivity index (χ1) is 9.69. The van der Waals surface area contributed by atoms with E-state index in [4.69, 9.17) is 16.3 Å². The van der Waals surface area contributed by atoms with Gasteiger partial charge in [0.1, 0.15) is 5.75 Å². The van der Waals surface area contributed by atoms with Crippen LogP contribution < -0.4 is 15.4 Å². The van der Waals surface area contributed by atoms with Crippen molar-refractivity contribution < 1.29 is 9.53 Å². The molecule has 0 saturated carbocycles. The van der Waals surface area contributed by atoms with Crippen molar-refractivity contribution in [3.8, 4) is 5.75 Å². The van der Waals surface area contributed by atoms with Gasteiger partial charge < -0.3 is 15.4 Å². The van der Waals surface area contributed by atoms with Gasteiger partial charge in [-0.25, -0.2) is 0 Å². The fourth-order valence-electron chi connectivity index (χ4n) is 2.23. The molecule has 0 spiro atoms. The molecule has 1 aliphatic heterocycles. The highest BCUT2D eigenvalue weighted by Crippen LogP contribution is 2.27. The van der Waals surface area contributed by atoms with Crippen LogP contribution in [0.3, 0.4) is 0 Å². The summed E-state index contributed by atoms with van der Waals surface area (Å²) in [5.41, 5.74) is 0.609. The highest BCUT2D eigenvalue weighted by molar-refractivity contribution is 6.31. The van der Waals surface area contributed by atoms with E-state index < -0.39 is 0 Å². The molecule has 1 amide bonds. The van der Waals surface area contributed by atoms with Gasteiger partial charge in [-0.1, -0.05) is 11.6 Å². The monoisotopic (exact) mass is 333 g/mol. The molecule has 1 fully saturated rings. The van der Waals surface area contributed by atoms with E-state index in [-0.39, 0.29) is 18.3 Å². The van der Waals surface area contributed by atoms with Crippen LogP contribution in [-0.2, 0) is 4.79 Å². The summed E-state index contributed by atoms with van der Waals surface area (Å²) in [5, 5.41) is 6.74. The van der Waals surface area contributed by atoms with Crippen molar-refractivity contribution in [2.24, 2.45) is 0 Å². The Morgan fingerprint density at radius 1 is 1.43 bits per heavy atom. The first-order valence-electron chi connectivity index (χ1n) is 6.75. The molecule has 0 bridgehead atoms. The van der Waals surface area contributed by atoms with Crippen molar-refractivity contribution in [1.82, 2.24) is 10.2 Å². The third-order valence-electron chi connectivity index (χ3n) is 3.24. The number of amides is 1. The van der Waals surface area contributed by atoms with Crippen LogP contribution in [0.5, 0.6) is 5.75 Å². The van der Waals surface area contributed by atoms with E-state index in [0.29, 0.717) is 23.0 Å². The largest absolute Gasteiger partial charge is 0.495 e. The van der Waals surface area contributed by atoms with E-state index in [1.54, 1.807) is 25.3 Å². The Balaban J connectivity index is 0.00000220. The van der Waals surface area contributed by atoms with Crippen LogP contribution in [0.25, 0.3) is 0 Å². The van der Waals surface area contributed by atoms with Crippen molar-refractivity contribution in [3.05, 3.63) is 23.2 Å². The molecule has 118 valence electrons. The van der Waals surface area contributed by atoms with Crippen LogP contribution in [-0.4, -0.2) is 50.6 Å². The SMILES string of the molecule is COc1ccc(Cl)cc1NC(=O)CN1CCCNCC1.Cl. The average Bonchev–Trinajstić information content (AvgIpc) is 2.67. The molecule has 0 atom stereocenters. The van der Waals surface area contributed by atoms with Crippen LogP contribution in [0.1, 0.15) is 6.42 Å². The summed E-state index contributed by atoms with van der Waals surface area (Å²) in [6.45, 7) is 4.15. The number of rotatable bonds is 4. The quantitative estimate of drug-likeness (QED) is 0.884. The number of carbonyl (C=O) groups excluding carboxylic acids is 1. The lowest BCUT2D eigenvalue weighted by Gasteiger charge is -2.19. The molecular formula is C14H21Cl2N3O2. The van der Waals surface area contributed by atoms with Crippen molar-refractivity contribution >= 4 is 35.6 Å². The Hall–Kier alpha value is -1.01. The van der Waals surface area contributed by atoms with Gasteiger partial charge in [0.25, 0.3) is 0 Å². The van der Waals surface area contributed by atoms with Crippen molar-refractivity contribution in [3.63, 3.8) is 0 Å². The molecule has 5 nitrogen and oxygen atoms in total. The summed E-state index contributed by atoms with van der Waals surface area (Å²) < 4.78 is 5.21. The summed E-state index contributed by atoms with van der Waals surface area (Å²) in [5.74, 6) is 0.563. The molecule has 0 radical (unpaired) electrons. The van der Waals surface area contributed by atoms with Gasteiger partial charge in [-0.3, -0.25) is 9.69 Å². The summed E-state index contributed by atoms with van der Waals surface area (Å²) in [4.78, 5) is 14.2. The molecule has 1 heterocycles. The van der Waals surface area contributed by atoms with Gasteiger partial charge >= 0.3 is 0 Å². The number of nitrogens with one attached hydrogen (secondary N) is 2. The Bertz CT molecular complexity index is 464. The second-order valence-corrected chi connectivity index (χ2v) is 5.21. The lowest BCUT2D eigenvalue weighted by atomic mass is 10.3. The number of benzene rings is 1. The van der Waals surface area contributed by atoms with Gasteiger partial charge in [-0.15, -0.1) is 12.4 Å². The Kier molecular flexibility index (Phi) is 7.82. The molecular weight excluding hydrogens is 313 g/mol. The van der Waals surface area contributed by atoms with Crippen LogP contribution in [0, 0.1) is 0 Å². The molecule has 2 N–H and O–H groups in total. The topological polar surface area (TPSA) is 53.6 Å². The summed E-state index contributed by atoms with van der Waals surface area (Å²) >= 11 is 5.95. The summed E-state index contributed by atoms with van der Waals surface area (Å²) in [6.07, 6.45) is 1.06. The molecule has 1 aromatic rings. The molecule has 0 aromatic heterocycles. The normalized spacial score (nSPS) is 15.7. The van der Waals surface area contributed by atoms with Gasteiger partial charge in [-0.2, -0.15) is 0 Å². The fourth-order valence-corrected chi connectivity index (χ4v) is 2.40. The minimum Gasteiger partial charge on any atom is -0.495 e. The van der Waals surface area contributed by atoms with Gasteiger partial charge in [-0.05, 0) is 37.7 Å².